The molecule has 0 saturated carbocycles. The number of nitrogens with two attached hydrogens (primary N) is 1. The summed E-state index contributed by atoms with van der Waals surface area (Å²) in [5.41, 5.74) is 10.1. The van der Waals surface area contributed by atoms with Crippen LogP contribution < -0.4 is 5.73 Å². The summed E-state index contributed by atoms with van der Waals surface area (Å²) in [6.45, 7) is 4.12. The molecule has 0 saturated heterocycles. The Bertz CT molecular complexity index is 476. The number of nitrogens with zero attached hydrogens (tertiary/aromatic N) is 1. The van der Waals surface area contributed by atoms with E-state index in [1.807, 2.05) is 0 Å². The summed E-state index contributed by atoms with van der Waals surface area (Å²) < 4.78 is 0. The SMILES string of the molecule is Cc1ccc(C(N)CCN(C)Cc2ccsc2)cc1. The van der Waals surface area contributed by atoms with Crippen LogP contribution in [0.2, 0.25) is 0 Å². The predicted octanol–water partition coefficient (Wildman–Crippen LogP) is 3.58. The minimum absolute atomic E-state index is 0.130. The Morgan fingerprint density at radius 1 is 1.21 bits per heavy atom. The van der Waals surface area contributed by atoms with Gasteiger partial charge in [0.05, 0.1) is 0 Å². The summed E-state index contributed by atoms with van der Waals surface area (Å²) in [5, 5.41) is 4.33. The number of rotatable bonds is 6. The van der Waals surface area contributed by atoms with Gasteiger partial charge in [-0.15, -0.1) is 0 Å². The first-order valence-electron chi connectivity index (χ1n) is 6.67. The van der Waals surface area contributed by atoms with Gasteiger partial charge >= 0.3 is 0 Å². The fraction of sp³-hybridized carbons (Fsp3) is 0.375. The van der Waals surface area contributed by atoms with Gasteiger partial charge in [0.1, 0.15) is 0 Å². The molecule has 0 aliphatic carbocycles. The summed E-state index contributed by atoms with van der Waals surface area (Å²) in [4.78, 5) is 2.33. The molecule has 19 heavy (non-hydrogen) atoms. The highest BCUT2D eigenvalue weighted by atomic mass is 32.1. The van der Waals surface area contributed by atoms with Crippen molar-refractivity contribution in [2.24, 2.45) is 5.73 Å². The number of aryl methyl sites for hydroxylation is 1. The number of hydrogen-bond donors (Lipinski definition) is 1. The minimum Gasteiger partial charge on any atom is -0.324 e. The fourth-order valence-corrected chi connectivity index (χ4v) is 2.77. The molecule has 0 amide bonds. The van der Waals surface area contributed by atoms with Crippen LogP contribution in [0.1, 0.15) is 29.2 Å². The number of hydrogen-bond acceptors (Lipinski definition) is 3. The van der Waals surface area contributed by atoms with Crippen LogP contribution in [0.25, 0.3) is 0 Å². The van der Waals surface area contributed by atoms with Gasteiger partial charge in [-0.05, 0) is 54.9 Å². The summed E-state index contributed by atoms with van der Waals surface area (Å²) >= 11 is 1.75. The normalized spacial score (nSPS) is 12.8. The molecule has 1 heterocycles. The van der Waals surface area contributed by atoms with E-state index in [0.29, 0.717) is 0 Å². The smallest absolute Gasteiger partial charge is 0.0307 e. The Kier molecular flexibility index (Phi) is 5.14. The average Bonchev–Trinajstić information content (AvgIpc) is 2.89. The largest absolute Gasteiger partial charge is 0.324 e. The molecule has 3 heteroatoms. The first kappa shape index (κ1) is 14.3. The lowest BCUT2D eigenvalue weighted by molar-refractivity contribution is 0.312. The monoisotopic (exact) mass is 274 g/mol. The Morgan fingerprint density at radius 3 is 2.58 bits per heavy atom. The van der Waals surface area contributed by atoms with Crippen molar-refractivity contribution in [1.29, 1.82) is 0 Å². The topological polar surface area (TPSA) is 29.3 Å². The predicted molar refractivity (Wildman–Crippen MR) is 83.4 cm³/mol. The van der Waals surface area contributed by atoms with Crippen molar-refractivity contribution < 1.29 is 0 Å². The number of thiophene rings is 1. The molecule has 1 aromatic carbocycles. The third-order valence-corrected chi connectivity index (χ3v) is 4.09. The van der Waals surface area contributed by atoms with E-state index in [1.54, 1.807) is 11.3 Å². The first-order valence-corrected chi connectivity index (χ1v) is 7.61. The Balaban J connectivity index is 1.79. The molecule has 0 fully saturated rings. The summed E-state index contributed by atoms with van der Waals surface area (Å²) in [6.07, 6.45) is 0.990. The van der Waals surface area contributed by atoms with E-state index < -0.39 is 0 Å². The summed E-state index contributed by atoms with van der Waals surface area (Å²) in [7, 11) is 2.15. The summed E-state index contributed by atoms with van der Waals surface area (Å²) in [6, 6.07) is 10.8. The van der Waals surface area contributed by atoms with Crippen LogP contribution in [-0.2, 0) is 6.54 Å². The van der Waals surface area contributed by atoms with Gasteiger partial charge in [0.25, 0.3) is 0 Å². The third kappa shape index (κ3) is 4.46. The molecule has 1 atom stereocenters. The maximum Gasteiger partial charge on any atom is 0.0307 e. The van der Waals surface area contributed by atoms with Crippen molar-refractivity contribution in [2.75, 3.05) is 13.6 Å². The molecule has 2 aromatic rings. The average molecular weight is 274 g/mol. The van der Waals surface area contributed by atoms with Crippen LogP contribution in [0.3, 0.4) is 0 Å². The van der Waals surface area contributed by atoms with Crippen molar-refractivity contribution in [1.82, 2.24) is 4.90 Å². The lowest BCUT2D eigenvalue weighted by Crippen LogP contribution is -2.23. The van der Waals surface area contributed by atoms with Crippen LogP contribution in [0.5, 0.6) is 0 Å². The highest BCUT2D eigenvalue weighted by Crippen LogP contribution is 2.16. The second-order valence-electron chi connectivity index (χ2n) is 5.18. The quantitative estimate of drug-likeness (QED) is 0.872. The molecule has 102 valence electrons. The second kappa shape index (κ2) is 6.85. The van der Waals surface area contributed by atoms with Crippen LogP contribution in [0, 0.1) is 6.92 Å². The van der Waals surface area contributed by atoms with Crippen molar-refractivity contribution >= 4 is 11.3 Å². The highest BCUT2D eigenvalue weighted by Gasteiger charge is 2.08. The van der Waals surface area contributed by atoms with Crippen molar-refractivity contribution in [3.63, 3.8) is 0 Å². The molecule has 2 nitrogen and oxygen atoms in total. The first-order chi connectivity index (χ1) is 9.15. The molecular weight excluding hydrogens is 252 g/mol. The Morgan fingerprint density at radius 2 is 1.95 bits per heavy atom. The molecule has 0 aliphatic heterocycles. The van der Waals surface area contributed by atoms with Crippen LogP contribution in [-0.4, -0.2) is 18.5 Å². The lowest BCUT2D eigenvalue weighted by atomic mass is 10.0. The zero-order valence-corrected chi connectivity index (χ0v) is 12.5. The second-order valence-corrected chi connectivity index (χ2v) is 5.96. The Hall–Kier alpha value is -1.16. The standard InChI is InChI=1S/C16H22N2S/c1-13-3-5-15(6-4-13)16(17)7-9-18(2)11-14-8-10-19-12-14/h3-6,8,10,12,16H,7,9,11,17H2,1-2H3. The van der Waals surface area contributed by atoms with Gasteiger partial charge in [0, 0.05) is 12.6 Å². The van der Waals surface area contributed by atoms with Gasteiger partial charge in [-0.2, -0.15) is 11.3 Å². The van der Waals surface area contributed by atoms with E-state index in [1.165, 1.54) is 16.7 Å². The van der Waals surface area contributed by atoms with Gasteiger partial charge in [-0.25, -0.2) is 0 Å². The Labute approximate surface area is 119 Å². The number of benzene rings is 1. The van der Waals surface area contributed by atoms with Crippen molar-refractivity contribution in [3.05, 3.63) is 57.8 Å². The van der Waals surface area contributed by atoms with E-state index >= 15 is 0 Å². The van der Waals surface area contributed by atoms with E-state index in [4.69, 9.17) is 5.73 Å². The minimum atomic E-state index is 0.130. The van der Waals surface area contributed by atoms with Crippen molar-refractivity contribution in [3.8, 4) is 0 Å². The molecule has 1 unspecified atom stereocenters. The van der Waals surface area contributed by atoms with Gasteiger partial charge in [-0.1, -0.05) is 29.8 Å². The molecular formula is C16H22N2S. The van der Waals surface area contributed by atoms with Crippen LogP contribution >= 0.6 is 11.3 Å². The zero-order chi connectivity index (χ0) is 13.7. The van der Waals surface area contributed by atoms with Crippen LogP contribution in [0.4, 0.5) is 0 Å². The van der Waals surface area contributed by atoms with Gasteiger partial charge < -0.3 is 10.6 Å². The molecule has 2 N–H and O–H groups in total. The van der Waals surface area contributed by atoms with Crippen molar-refractivity contribution in [2.45, 2.75) is 25.9 Å². The third-order valence-electron chi connectivity index (χ3n) is 3.36. The van der Waals surface area contributed by atoms with E-state index in [0.717, 1.165) is 19.5 Å². The molecule has 0 aliphatic rings. The molecule has 1 aromatic heterocycles. The zero-order valence-electron chi connectivity index (χ0n) is 11.7. The maximum absolute atomic E-state index is 6.24. The summed E-state index contributed by atoms with van der Waals surface area (Å²) in [5.74, 6) is 0. The van der Waals surface area contributed by atoms with E-state index in [2.05, 4.69) is 60.0 Å². The van der Waals surface area contributed by atoms with Gasteiger partial charge in [-0.3, -0.25) is 0 Å². The van der Waals surface area contributed by atoms with Crippen LogP contribution in [0.15, 0.2) is 41.1 Å². The molecule has 0 radical (unpaired) electrons. The van der Waals surface area contributed by atoms with E-state index in [9.17, 15) is 0 Å². The molecule has 2 rings (SSSR count). The van der Waals surface area contributed by atoms with Gasteiger partial charge in [0.2, 0.25) is 0 Å². The maximum atomic E-state index is 6.24. The van der Waals surface area contributed by atoms with Gasteiger partial charge in [0.15, 0.2) is 0 Å². The lowest BCUT2D eigenvalue weighted by Gasteiger charge is -2.19. The molecule has 0 spiro atoms. The van der Waals surface area contributed by atoms with E-state index in [-0.39, 0.29) is 6.04 Å². The molecule has 0 bridgehead atoms. The fourth-order valence-electron chi connectivity index (χ4n) is 2.11. The highest BCUT2D eigenvalue weighted by molar-refractivity contribution is 7.07.